The Morgan fingerprint density at radius 1 is 1.60 bits per heavy atom. The number of allylic oxidation sites excluding steroid dienone is 2. The monoisotopic (exact) mass is 138 g/mol. The van der Waals surface area contributed by atoms with Crippen LogP contribution < -0.4 is 5.73 Å². The number of hydrogen-bond acceptors (Lipinski definition) is 2. The van der Waals surface area contributed by atoms with Crippen molar-refractivity contribution in [2.24, 2.45) is 16.6 Å². The van der Waals surface area contributed by atoms with Gasteiger partial charge in [-0.05, 0) is 5.92 Å². The molecule has 0 unspecified atom stereocenters. The van der Waals surface area contributed by atoms with Gasteiger partial charge in [0.05, 0.1) is 5.70 Å². The third-order valence-corrected chi connectivity index (χ3v) is 1.09. The van der Waals surface area contributed by atoms with Crippen molar-refractivity contribution >= 4 is 6.21 Å². The fraction of sp³-hybridized carbons (Fsp3) is 0.375. The summed E-state index contributed by atoms with van der Waals surface area (Å²) in [6, 6.07) is 0. The highest BCUT2D eigenvalue weighted by Gasteiger charge is 1.96. The highest BCUT2D eigenvalue weighted by atomic mass is 14.8. The molecule has 0 bridgehead atoms. The zero-order chi connectivity index (χ0) is 7.98. The molecule has 0 aliphatic heterocycles. The molecule has 0 saturated heterocycles. The molecule has 0 spiro atoms. The molecule has 0 aliphatic carbocycles. The Morgan fingerprint density at radius 2 is 2.20 bits per heavy atom. The van der Waals surface area contributed by atoms with Crippen molar-refractivity contribution < 1.29 is 0 Å². The third kappa shape index (κ3) is 3.07. The van der Waals surface area contributed by atoms with Gasteiger partial charge in [-0.15, -0.1) is 0 Å². The summed E-state index contributed by atoms with van der Waals surface area (Å²) < 4.78 is 0. The minimum absolute atomic E-state index is 0.376. The normalized spacial score (nSPS) is 12.9. The molecule has 0 aliphatic rings. The number of rotatable bonds is 3. The van der Waals surface area contributed by atoms with Gasteiger partial charge in [0.25, 0.3) is 0 Å². The topological polar surface area (TPSA) is 38.4 Å². The molecule has 56 valence electrons. The molecule has 10 heavy (non-hydrogen) atoms. The maximum atomic E-state index is 5.30. The van der Waals surface area contributed by atoms with Crippen molar-refractivity contribution in [3.05, 3.63) is 24.6 Å². The summed E-state index contributed by atoms with van der Waals surface area (Å²) >= 11 is 0. The van der Waals surface area contributed by atoms with Crippen LogP contribution in [0.3, 0.4) is 0 Å². The standard InChI is InChI=1S/C8H14N2/c1-4-5-10-8(6-9)7(2)3/h4-7H,1,9H2,2-3H3/b8-6-,10-5-. The maximum Gasteiger partial charge on any atom is 0.0583 e. The molecule has 0 atom stereocenters. The largest absolute Gasteiger partial charge is 0.403 e. The van der Waals surface area contributed by atoms with Crippen LogP contribution in [0.5, 0.6) is 0 Å². The van der Waals surface area contributed by atoms with Crippen LogP contribution in [-0.4, -0.2) is 6.21 Å². The molecule has 0 aromatic carbocycles. The lowest BCUT2D eigenvalue weighted by molar-refractivity contribution is 0.756. The van der Waals surface area contributed by atoms with Gasteiger partial charge in [0.1, 0.15) is 0 Å². The van der Waals surface area contributed by atoms with Crippen molar-refractivity contribution in [3.8, 4) is 0 Å². The second-order valence-electron chi connectivity index (χ2n) is 2.26. The van der Waals surface area contributed by atoms with Gasteiger partial charge < -0.3 is 5.73 Å². The highest BCUT2D eigenvalue weighted by molar-refractivity contribution is 5.71. The first-order chi connectivity index (χ1) is 4.72. The first-order valence-electron chi connectivity index (χ1n) is 3.29. The summed E-state index contributed by atoms with van der Waals surface area (Å²) in [5.41, 5.74) is 6.19. The molecule has 0 radical (unpaired) electrons. The number of nitrogens with zero attached hydrogens (tertiary/aromatic N) is 1. The molecule has 0 saturated carbocycles. The molecule has 2 nitrogen and oxygen atoms in total. The van der Waals surface area contributed by atoms with Crippen molar-refractivity contribution in [1.29, 1.82) is 0 Å². The summed E-state index contributed by atoms with van der Waals surface area (Å²) in [5, 5.41) is 0. The lowest BCUT2D eigenvalue weighted by Gasteiger charge is -2.01. The van der Waals surface area contributed by atoms with Gasteiger partial charge in [0.2, 0.25) is 0 Å². The van der Waals surface area contributed by atoms with Crippen molar-refractivity contribution in [2.45, 2.75) is 13.8 Å². The fourth-order valence-corrected chi connectivity index (χ4v) is 0.523. The van der Waals surface area contributed by atoms with E-state index in [9.17, 15) is 0 Å². The first kappa shape index (κ1) is 8.95. The maximum absolute atomic E-state index is 5.30. The predicted molar refractivity (Wildman–Crippen MR) is 45.8 cm³/mol. The van der Waals surface area contributed by atoms with Crippen LogP contribution in [0.4, 0.5) is 0 Å². The second kappa shape index (κ2) is 4.79. The van der Waals surface area contributed by atoms with Crippen molar-refractivity contribution in [1.82, 2.24) is 0 Å². The Kier molecular flexibility index (Phi) is 4.29. The second-order valence-corrected chi connectivity index (χ2v) is 2.26. The Hall–Kier alpha value is -1.05. The average Bonchev–Trinajstić information content (AvgIpc) is 1.89. The molecule has 0 aromatic heterocycles. The minimum atomic E-state index is 0.376. The van der Waals surface area contributed by atoms with Gasteiger partial charge in [-0.25, -0.2) is 0 Å². The molecular weight excluding hydrogens is 124 g/mol. The van der Waals surface area contributed by atoms with Gasteiger partial charge in [0.15, 0.2) is 0 Å². The van der Waals surface area contributed by atoms with Crippen LogP contribution in [0.1, 0.15) is 13.8 Å². The Labute approximate surface area is 62.1 Å². The number of aliphatic imine (C=N–C) groups is 1. The van der Waals surface area contributed by atoms with E-state index in [1.165, 1.54) is 6.20 Å². The van der Waals surface area contributed by atoms with Gasteiger partial charge in [-0.1, -0.05) is 26.5 Å². The van der Waals surface area contributed by atoms with E-state index in [2.05, 4.69) is 11.6 Å². The predicted octanol–water partition coefficient (Wildman–Crippen LogP) is 1.70. The van der Waals surface area contributed by atoms with Crippen LogP contribution in [0.2, 0.25) is 0 Å². The minimum Gasteiger partial charge on any atom is -0.403 e. The SMILES string of the molecule is C=C/C=N\C(=C/N)C(C)C. The van der Waals surface area contributed by atoms with E-state index >= 15 is 0 Å². The highest BCUT2D eigenvalue weighted by Crippen LogP contribution is 2.07. The Morgan fingerprint density at radius 3 is 2.50 bits per heavy atom. The van der Waals surface area contributed by atoms with Crippen LogP contribution in [0, 0.1) is 5.92 Å². The third-order valence-electron chi connectivity index (χ3n) is 1.09. The van der Waals surface area contributed by atoms with Crippen LogP contribution in [-0.2, 0) is 0 Å². The smallest absolute Gasteiger partial charge is 0.0583 e. The molecule has 0 aromatic rings. The van der Waals surface area contributed by atoms with E-state index in [4.69, 9.17) is 5.73 Å². The average molecular weight is 138 g/mol. The van der Waals surface area contributed by atoms with Crippen molar-refractivity contribution in [3.63, 3.8) is 0 Å². The number of hydrogen-bond donors (Lipinski definition) is 1. The summed E-state index contributed by atoms with van der Waals surface area (Å²) in [4.78, 5) is 4.05. The summed E-state index contributed by atoms with van der Waals surface area (Å²) in [5.74, 6) is 0.376. The molecule has 0 heterocycles. The summed E-state index contributed by atoms with van der Waals surface area (Å²) in [7, 11) is 0. The fourth-order valence-electron chi connectivity index (χ4n) is 0.523. The van der Waals surface area contributed by atoms with E-state index in [1.807, 2.05) is 13.8 Å². The van der Waals surface area contributed by atoms with Crippen LogP contribution >= 0.6 is 0 Å². The van der Waals surface area contributed by atoms with Gasteiger partial charge in [-0.3, -0.25) is 4.99 Å². The molecule has 2 heteroatoms. The summed E-state index contributed by atoms with van der Waals surface area (Å²) in [6.45, 7) is 7.59. The van der Waals surface area contributed by atoms with E-state index in [0.29, 0.717) is 5.92 Å². The number of nitrogens with two attached hydrogens (primary N) is 1. The van der Waals surface area contributed by atoms with Gasteiger partial charge >= 0.3 is 0 Å². The molecule has 0 rings (SSSR count). The quantitative estimate of drug-likeness (QED) is 0.592. The zero-order valence-electron chi connectivity index (χ0n) is 6.54. The van der Waals surface area contributed by atoms with E-state index in [-0.39, 0.29) is 0 Å². The van der Waals surface area contributed by atoms with Gasteiger partial charge in [-0.2, -0.15) is 0 Å². The van der Waals surface area contributed by atoms with Crippen LogP contribution in [0.25, 0.3) is 0 Å². The van der Waals surface area contributed by atoms with Crippen LogP contribution in [0.15, 0.2) is 29.5 Å². The molecule has 0 amide bonds. The zero-order valence-corrected chi connectivity index (χ0v) is 6.54. The molecule has 0 fully saturated rings. The Bertz CT molecular complexity index is 155. The molecule has 2 N–H and O–H groups in total. The van der Waals surface area contributed by atoms with Crippen molar-refractivity contribution in [2.75, 3.05) is 0 Å². The molecular formula is C8H14N2. The van der Waals surface area contributed by atoms with E-state index in [0.717, 1.165) is 5.70 Å². The first-order valence-corrected chi connectivity index (χ1v) is 3.29. The van der Waals surface area contributed by atoms with E-state index in [1.54, 1.807) is 12.3 Å². The van der Waals surface area contributed by atoms with E-state index < -0.39 is 0 Å². The lowest BCUT2D eigenvalue weighted by atomic mass is 10.1. The summed E-state index contributed by atoms with van der Waals surface area (Å²) in [6.07, 6.45) is 4.79. The Balaban J connectivity index is 4.10. The lowest BCUT2D eigenvalue weighted by Crippen LogP contribution is -1.94. The van der Waals surface area contributed by atoms with Gasteiger partial charge in [0, 0.05) is 12.4 Å².